The van der Waals surface area contributed by atoms with Gasteiger partial charge in [0.05, 0.1) is 12.7 Å². The van der Waals surface area contributed by atoms with E-state index in [4.69, 9.17) is 9.47 Å². The normalized spacial score (nSPS) is 19.5. The molecule has 1 aliphatic heterocycles. The Morgan fingerprint density at radius 3 is 2.74 bits per heavy atom. The molecule has 0 bridgehead atoms. The van der Waals surface area contributed by atoms with E-state index in [0.717, 1.165) is 38.4 Å². The van der Waals surface area contributed by atoms with Crippen LogP contribution in [0.2, 0.25) is 0 Å². The molecule has 0 aromatic carbocycles. The van der Waals surface area contributed by atoms with Crippen molar-refractivity contribution in [3.05, 3.63) is 0 Å². The molecule has 1 amide bonds. The van der Waals surface area contributed by atoms with Crippen molar-refractivity contribution in [1.29, 1.82) is 0 Å². The van der Waals surface area contributed by atoms with Crippen molar-refractivity contribution < 1.29 is 14.3 Å². The fraction of sp³-hybridized carbons (Fsp3) is 0.875. The number of guanidine groups is 1. The van der Waals surface area contributed by atoms with E-state index in [1.165, 1.54) is 0 Å². The second kappa shape index (κ2) is 11.1. The molecule has 134 valence electrons. The van der Waals surface area contributed by atoms with Crippen LogP contribution in [0.15, 0.2) is 4.99 Å². The van der Waals surface area contributed by atoms with Gasteiger partial charge in [0.25, 0.3) is 0 Å². The molecule has 2 atom stereocenters. The van der Waals surface area contributed by atoms with Gasteiger partial charge in [-0.15, -0.1) is 0 Å². The highest BCUT2D eigenvalue weighted by Crippen LogP contribution is 2.10. The number of nitrogens with zero attached hydrogens (tertiary/aromatic N) is 1. The molecule has 0 spiro atoms. The number of hydrogen-bond acceptors (Lipinski definition) is 4. The molecule has 1 rings (SSSR count). The lowest BCUT2D eigenvalue weighted by Crippen LogP contribution is -2.48. The lowest BCUT2D eigenvalue weighted by molar-refractivity contribution is 0.114. The Morgan fingerprint density at radius 2 is 2.17 bits per heavy atom. The lowest BCUT2D eigenvalue weighted by atomic mass is 10.0. The van der Waals surface area contributed by atoms with Gasteiger partial charge >= 0.3 is 6.09 Å². The fourth-order valence-electron chi connectivity index (χ4n) is 2.56. The van der Waals surface area contributed by atoms with Gasteiger partial charge in [-0.1, -0.05) is 13.8 Å². The molecular formula is C16H32N4O3. The first-order chi connectivity index (χ1) is 11.0. The molecule has 7 nitrogen and oxygen atoms in total. The van der Waals surface area contributed by atoms with E-state index in [9.17, 15) is 4.79 Å². The monoisotopic (exact) mass is 328 g/mol. The first-order valence-electron chi connectivity index (χ1n) is 8.54. The van der Waals surface area contributed by atoms with Crippen LogP contribution < -0.4 is 16.0 Å². The zero-order valence-electron chi connectivity index (χ0n) is 14.9. The number of carbonyl (C=O) groups excluding carboxylic acids is 1. The summed E-state index contributed by atoms with van der Waals surface area (Å²) in [6.45, 7) is 8.62. The van der Waals surface area contributed by atoms with Crippen molar-refractivity contribution in [2.24, 2.45) is 10.9 Å². The minimum atomic E-state index is -0.373. The van der Waals surface area contributed by atoms with Crippen molar-refractivity contribution in [3.63, 3.8) is 0 Å². The Morgan fingerprint density at radius 1 is 1.39 bits per heavy atom. The predicted molar refractivity (Wildman–Crippen MR) is 91.7 cm³/mol. The maximum atomic E-state index is 11.6. The Bertz CT molecular complexity index is 368. The SMILES string of the molecule is CCOC(=O)NC(CNC(=NC)NCC1CCCO1)CC(C)C. The van der Waals surface area contributed by atoms with Crippen molar-refractivity contribution in [2.45, 2.75) is 52.2 Å². The summed E-state index contributed by atoms with van der Waals surface area (Å²) in [4.78, 5) is 15.8. The number of amides is 1. The lowest BCUT2D eigenvalue weighted by Gasteiger charge is -2.22. The van der Waals surface area contributed by atoms with Crippen molar-refractivity contribution in [3.8, 4) is 0 Å². The van der Waals surface area contributed by atoms with Crippen LogP contribution in [0.1, 0.15) is 40.0 Å². The quantitative estimate of drug-likeness (QED) is 0.464. The van der Waals surface area contributed by atoms with Gasteiger partial charge < -0.3 is 25.4 Å². The molecular weight excluding hydrogens is 296 g/mol. The van der Waals surface area contributed by atoms with E-state index in [-0.39, 0.29) is 18.2 Å². The minimum Gasteiger partial charge on any atom is -0.450 e. The molecule has 2 unspecified atom stereocenters. The molecule has 1 aliphatic rings. The largest absolute Gasteiger partial charge is 0.450 e. The Balaban J connectivity index is 2.38. The van der Waals surface area contributed by atoms with Crippen LogP contribution in [0.4, 0.5) is 4.79 Å². The predicted octanol–water partition coefficient (Wildman–Crippen LogP) is 1.49. The minimum absolute atomic E-state index is 0.00432. The van der Waals surface area contributed by atoms with E-state index in [1.807, 2.05) is 0 Å². The van der Waals surface area contributed by atoms with E-state index >= 15 is 0 Å². The second-order valence-electron chi connectivity index (χ2n) is 6.16. The van der Waals surface area contributed by atoms with Gasteiger partial charge in [0.1, 0.15) is 0 Å². The molecule has 23 heavy (non-hydrogen) atoms. The molecule has 1 saturated heterocycles. The van der Waals surface area contributed by atoms with Crippen LogP contribution in [0.3, 0.4) is 0 Å². The third-order valence-electron chi connectivity index (χ3n) is 3.61. The highest BCUT2D eigenvalue weighted by molar-refractivity contribution is 5.79. The smallest absolute Gasteiger partial charge is 0.407 e. The van der Waals surface area contributed by atoms with Crippen LogP contribution >= 0.6 is 0 Å². The van der Waals surface area contributed by atoms with Gasteiger partial charge in [-0.2, -0.15) is 0 Å². The molecule has 1 heterocycles. The second-order valence-corrected chi connectivity index (χ2v) is 6.16. The maximum absolute atomic E-state index is 11.6. The molecule has 3 N–H and O–H groups in total. The Kier molecular flexibility index (Phi) is 9.43. The van der Waals surface area contributed by atoms with Gasteiger partial charge in [0, 0.05) is 32.8 Å². The Hall–Kier alpha value is -1.50. The van der Waals surface area contributed by atoms with E-state index in [0.29, 0.717) is 19.1 Å². The number of nitrogens with one attached hydrogen (secondary N) is 3. The first kappa shape index (κ1) is 19.5. The zero-order valence-corrected chi connectivity index (χ0v) is 14.9. The highest BCUT2D eigenvalue weighted by atomic mass is 16.5. The van der Waals surface area contributed by atoms with Crippen LogP contribution in [0.5, 0.6) is 0 Å². The molecule has 0 aromatic rings. The van der Waals surface area contributed by atoms with Gasteiger partial charge in [0.15, 0.2) is 5.96 Å². The first-order valence-corrected chi connectivity index (χ1v) is 8.54. The zero-order chi connectivity index (χ0) is 17.1. The van der Waals surface area contributed by atoms with Gasteiger partial charge in [0.2, 0.25) is 0 Å². The van der Waals surface area contributed by atoms with Crippen LogP contribution in [-0.4, -0.2) is 57.5 Å². The van der Waals surface area contributed by atoms with Crippen molar-refractivity contribution >= 4 is 12.1 Å². The molecule has 0 radical (unpaired) electrons. The fourth-order valence-corrected chi connectivity index (χ4v) is 2.56. The molecule has 0 saturated carbocycles. The van der Waals surface area contributed by atoms with Gasteiger partial charge in [-0.25, -0.2) is 4.79 Å². The van der Waals surface area contributed by atoms with E-state index in [2.05, 4.69) is 34.8 Å². The summed E-state index contributed by atoms with van der Waals surface area (Å²) in [5, 5.41) is 9.42. The van der Waals surface area contributed by atoms with Gasteiger partial charge in [-0.3, -0.25) is 4.99 Å². The maximum Gasteiger partial charge on any atom is 0.407 e. The Labute approximate surface area is 139 Å². The average molecular weight is 328 g/mol. The topological polar surface area (TPSA) is 84.0 Å². The number of carbonyl (C=O) groups is 1. The highest BCUT2D eigenvalue weighted by Gasteiger charge is 2.17. The standard InChI is InChI=1S/C16H32N4O3/c1-5-22-16(21)20-13(9-12(2)3)10-18-15(17-4)19-11-14-7-6-8-23-14/h12-14H,5-11H2,1-4H3,(H,20,21)(H2,17,18,19). The van der Waals surface area contributed by atoms with E-state index in [1.54, 1.807) is 14.0 Å². The summed E-state index contributed by atoms with van der Waals surface area (Å²) >= 11 is 0. The van der Waals surface area contributed by atoms with E-state index < -0.39 is 0 Å². The molecule has 0 aromatic heterocycles. The van der Waals surface area contributed by atoms with Crippen LogP contribution in [-0.2, 0) is 9.47 Å². The average Bonchev–Trinajstić information content (AvgIpc) is 3.00. The number of hydrogen-bond donors (Lipinski definition) is 3. The third-order valence-corrected chi connectivity index (χ3v) is 3.61. The summed E-state index contributed by atoms with van der Waals surface area (Å²) in [6.07, 6.45) is 2.97. The molecule has 1 fully saturated rings. The number of ether oxygens (including phenoxy) is 2. The molecule has 0 aliphatic carbocycles. The van der Waals surface area contributed by atoms with Crippen molar-refractivity contribution in [1.82, 2.24) is 16.0 Å². The van der Waals surface area contributed by atoms with Crippen LogP contribution in [0, 0.1) is 5.92 Å². The number of rotatable bonds is 8. The van der Waals surface area contributed by atoms with Crippen molar-refractivity contribution in [2.75, 3.05) is 33.4 Å². The summed E-state index contributed by atoms with van der Waals surface area (Å²) < 4.78 is 10.5. The summed E-state index contributed by atoms with van der Waals surface area (Å²) in [5.74, 6) is 1.20. The van der Waals surface area contributed by atoms with Gasteiger partial charge in [-0.05, 0) is 32.1 Å². The summed E-state index contributed by atoms with van der Waals surface area (Å²) in [7, 11) is 1.74. The number of aliphatic imine (C=N–C) groups is 1. The number of alkyl carbamates (subject to hydrolysis) is 1. The summed E-state index contributed by atoms with van der Waals surface area (Å²) in [5.41, 5.74) is 0. The molecule has 7 heteroatoms. The van der Waals surface area contributed by atoms with Crippen LogP contribution in [0.25, 0.3) is 0 Å². The summed E-state index contributed by atoms with van der Waals surface area (Å²) in [6, 6.07) is -0.00432. The third kappa shape index (κ3) is 8.64.